The minimum Gasteiger partial charge on any atom is -0.368 e. The zero-order chi connectivity index (χ0) is 13.0. The Bertz CT molecular complexity index is 394. The minimum absolute atomic E-state index is 0.240. The molecule has 1 aromatic rings. The van der Waals surface area contributed by atoms with Crippen molar-refractivity contribution < 1.29 is 4.79 Å². The van der Waals surface area contributed by atoms with E-state index >= 15 is 0 Å². The molecule has 7 heteroatoms. The van der Waals surface area contributed by atoms with Crippen molar-refractivity contribution in [2.24, 2.45) is 11.7 Å². The van der Waals surface area contributed by atoms with Crippen LogP contribution in [0.25, 0.3) is 0 Å². The molecule has 3 N–H and O–H groups in total. The molecule has 1 aliphatic rings. The molecule has 5 nitrogen and oxygen atoms in total. The Morgan fingerprint density at radius 2 is 2.50 bits per heavy atom. The fraction of sp³-hybridized carbons (Fsp3) is 0.727. The van der Waals surface area contributed by atoms with E-state index in [0.717, 1.165) is 30.1 Å². The molecule has 0 spiro atoms. The summed E-state index contributed by atoms with van der Waals surface area (Å²) in [5, 5.41) is 3.37. The second-order valence-corrected chi connectivity index (χ2v) is 6.54. The van der Waals surface area contributed by atoms with Gasteiger partial charge in [0.05, 0.1) is 0 Å². The number of carbonyl (C=O) groups excluding carboxylic acids is 1. The maximum Gasteiger partial charge on any atom is 0.238 e. The predicted octanol–water partition coefficient (Wildman–Crippen LogP) is 1.26. The van der Waals surface area contributed by atoms with Crippen LogP contribution in [-0.2, 0) is 4.79 Å². The molecule has 1 unspecified atom stereocenters. The van der Waals surface area contributed by atoms with E-state index in [4.69, 9.17) is 5.73 Å². The van der Waals surface area contributed by atoms with Crippen LogP contribution >= 0.6 is 23.3 Å². The fourth-order valence-electron chi connectivity index (χ4n) is 2.00. The van der Waals surface area contributed by atoms with Crippen molar-refractivity contribution in [2.75, 3.05) is 12.3 Å². The quantitative estimate of drug-likeness (QED) is 0.703. The average Bonchev–Trinajstić information content (AvgIpc) is 3.07. The first-order valence-corrected chi connectivity index (χ1v) is 7.89. The third-order valence-corrected chi connectivity index (χ3v) is 5.16. The Balaban J connectivity index is 2.04. The van der Waals surface area contributed by atoms with E-state index in [2.05, 4.69) is 21.6 Å². The summed E-state index contributed by atoms with van der Waals surface area (Å²) in [6.45, 7) is 2.90. The number of nitrogens with two attached hydrogens (primary N) is 1. The number of thioether (sulfide) groups is 1. The van der Waals surface area contributed by atoms with Crippen molar-refractivity contribution in [3.8, 4) is 0 Å². The number of hydrogen-bond acceptors (Lipinski definition) is 6. The highest BCUT2D eigenvalue weighted by molar-refractivity contribution is 8.01. The van der Waals surface area contributed by atoms with Crippen LogP contribution in [0.15, 0.2) is 10.7 Å². The summed E-state index contributed by atoms with van der Waals surface area (Å²) >= 11 is 2.92. The second-order valence-electron chi connectivity index (χ2n) is 4.53. The number of primary amides is 1. The maximum absolute atomic E-state index is 11.9. The van der Waals surface area contributed by atoms with Crippen LogP contribution in [0.3, 0.4) is 0 Å². The number of amides is 1. The molecule has 0 bridgehead atoms. The van der Waals surface area contributed by atoms with Gasteiger partial charge in [0.15, 0.2) is 4.34 Å². The summed E-state index contributed by atoms with van der Waals surface area (Å²) in [7, 11) is 0. The molecule has 1 fully saturated rings. The summed E-state index contributed by atoms with van der Waals surface area (Å²) in [6, 6.07) is 0. The number of nitrogens with zero attached hydrogens (tertiary/aromatic N) is 2. The Morgan fingerprint density at radius 1 is 1.72 bits per heavy atom. The van der Waals surface area contributed by atoms with Crippen LogP contribution in [0.2, 0.25) is 0 Å². The molecule has 1 saturated carbocycles. The van der Waals surface area contributed by atoms with Crippen LogP contribution in [0.4, 0.5) is 0 Å². The minimum atomic E-state index is -0.577. The van der Waals surface area contributed by atoms with E-state index in [1.807, 2.05) is 0 Å². The van der Waals surface area contributed by atoms with E-state index < -0.39 is 5.54 Å². The third-order valence-electron chi connectivity index (χ3n) is 3.17. The monoisotopic (exact) mass is 286 g/mol. The summed E-state index contributed by atoms with van der Waals surface area (Å²) < 4.78 is 4.85. The van der Waals surface area contributed by atoms with Crippen LogP contribution in [0, 0.1) is 5.92 Å². The zero-order valence-corrected chi connectivity index (χ0v) is 12.0. The van der Waals surface area contributed by atoms with E-state index in [9.17, 15) is 4.79 Å². The molecule has 1 amide bonds. The van der Waals surface area contributed by atoms with Gasteiger partial charge in [0, 0.05) is 5.75 Å². The molecule has 0 radical (unpaired) electrons. The molecule has 1 aromatic heterocycles. The predicted molar refractivity (Wildman–Crippen MR) is 73.6 cm³/mol. The van der Waals surface area contributed by atoms with E-state index in [1.54, 1.807) is 11.8 Å². The molecule has 2 rings (SSSR count). The van der Waals surface area contributed by atoms with Gasteiger partial charge in [-0.15, -0.1) is 0 Å². The van der Waals surface area contributed by atoms with E-state index in [0.29, 0.717) is 11.7 Å². The molecule has 1 heterocycles. The molecule has 0 aromatic carbocycles. The van der Waals surface area contributed by atoms with Crippen LogP contribution in [0.5, 0.6) is 0 Å². The summed E-state index contributed by atoms with van der Waals surface area (Å²) in [4.78, 5) is 16.0. The fourth-order valence-corrected chi connectivity index (χ4v) is 3.75. The Kier molecular flexibility index (Phi) is 4.58. The lowest BCUT2D eigenvalue weighted by atomic mass is 9.94. The Morgan fingerprint density at radius 3 is 3.00 bits per heavy atom. The van der Waals surface area contributed by atoms with Crippen LogP contribution in [-0.4, -0.2) is 33.1 Å². The lowest BCUT2D eigenvalue weighted by molar-refractivity contribution is -0.124. The first-order valence-electron chi connectivity index (χ1n) is 6.13. The summed E-state index contributed by atoms with van der Waals surface area (Å²) in [5.41, 5.74) is 5.07. The molecule has 18 heavy (non-hydrogen) atoms. The lowest BCUT2D eigenvalue weighted by Crippen LogP contribution is -2.59. The van der Waals surface area contributed by atoms with Gasteiger partial charge in [-0.1, -0.05) is 18.7 Å². The highest BCUT2D eigenvalue weighted by atomic mass is 32.2. The molecule has 0 saturated heterocycles. The highest BCUT2D eigenvalue weighted by Gasteiger charge is 2.49. The number of nitrogens with one attached hydrogen (secondary N) is 1. The van der Waals surface area contributed by atoms with Crippen LogP contribution in [0.1, 0.15) is 26.2 Å². The number of aromatic nitrogens is 2. The molecule has 1 atom stereocenters. The first-order chi connectivity index (χ1) is 8.69. The first kappa shape index (κ1) is 13.8. The second kappa shape index (κ2) is 5.99. The summed E-state index contributed by atoms with van der Waals surface area (Å²) in [6.07, 6.45) is 4.69. The third kappa shape index (κ3) is 3.02. The van der Waals surface area contributed by atoms with Crippen LogP contribution < -0.4 is 11.1 Å². The molecular weight excluding hydrogens is 268 g/mol. The van der Waals surface area contributed by atoms with Gasteiger partial charge < -0.3 is 11.1 Å². The number of carbonyl (C=O) groups is 1. The Hall–Kier alpha value is -0.660. The van der Waals surface area contributed by atoms with E-state index in [-0.39, 0.29) is 5.91 Å². The highest BCUT2D eigenvalue weighted by Crippen LogP contribution is 2.42. The normalized spacial score (nSPS) is 18.5. The smallest absolute Gasteiger partial charge is 0.238 e. The van der Waals surface area contributed by atoms with Gasteiger partial charge in [-0.3, -0.25) is 4.79 Å². The average molecular weight is 286 g/mol. The van der Waals surface area contributed by atoms with Gasteiger partial charge in [0.25, 0.3) is 0 Å². The van der Waals surface area contributed by atoms with Crippen molar-refractivity contribution >= 4 is 29.2 Å². The van der Waals surface area contributed by atoms with E-state index in [1.165, 1.54) is 17.9 Å². The van der Waals surface area contributed by atoms with Gasteiger partial charge in [-0.25, -0.2) is 4.98 Å². The van der Waals surface area contributed by atoms with Gasteiger partial charge in [0.2, 0.25) is 5.91 Å². The largest absolute Gasteiger partial charge is 0.368 e. The van der Waals surface area contributed by atoms with Gasteiger partial charge >= 0.3 is 0 Å². The van der Waals surface area contributed by atoms with Gasteiger partial charge in [-0.2, -0.15) is 4.37 Å². The zero-order valence-electron chi connectivity index (χ0n) is 10.4. The number of hydrogen-bond donors (Lipinski definition) is 2. The van der Waals surface area contributed by atoms with Gasteiger partial charge in [0.1, 0.15) is 11.9 Å². The SMILES string of the molecule is CCCNC(CSc1ncns1)(C(N)=O)C1CC1. The lowest BCUT2D eigenvalue weighted by Gasteiger charge is -2.31. The number of rotatable bonds is 8. The standard InChI is InChI=1S/C11H18N4OS2/c1-2-5-14-11(9(12)16,8-3-4-8)6-17-10-13-7-15-18-10/h7-8,14H,2-6H2,1H3,(H2,12,16). The Labute approximate surface area is 115 Å². The van der Waals surface area contributed by atoms with Crippen molar-refractivity contribution in [2.45, 2.75) is 36.1 Å². The van der Waals surface area contributed by atoms with Crippen molar-refractivity contribution in [3.05, 3.63) is 6.33 Å². The molecular formula is C11H18N4OS2. The summed E-state index contributed by atoms with van der Waals surface area (Å²) in [5.74, 6) is 0.778. The topological polar surface area (TPSA) is 80.9 Å². The molecule has 1 aliphatic carbocycles. The maximum atomic E-state index is 11.9. The van der Waals surface area contributed by atoms with Crippen molar-refractivity contribution in [1.82, 2.24) is 14.7 Å². The van der Waals surface area contributed by atoms with Gasteiger partial charge in [-0.05, 0) is 43.3 Å². The molecule has 100 valence electrons. The molecule has 0 aliphatic heterocycles. The van der Waals surface area contributed by atoms with Crippen molar-refractivity contribution in [3.63, 3.8) is 0 Å². The van der Waals surface area contributed by atoms with Crippen molar-refractivity contribution in [1.29, 1.82) is 0 Å².